The minimum atomic E-state index is -0.719. The van der Waals surface area contributed by atoms with Crippen LogP contribution >= 0.6 is 15.9 Å². The van der Waals surface area contributed by atoms with Gasteiger partial charge in [0.1, 0.15) is 11.6 Å². The van der Waals surface area contributed by atoms with Crippen LogP contribution in [-0.2, 0) is 0 Å². The van der Waals surface area contributed by atoms with E-state index in [0.717, 1.165) is 6.07 Å². The molecule has 0 fully saturated rings. The van der Waals surface area contributed by atoms with Gasteiger partial charge in [-0.3, -0.25) is 5.10 Å². The van der Waals surface area contributed by atoms with Crippen LogP contribution in [0.3, 0.4) is 0 Å². The molecular weight excluding hydrogens is 281 g/mol. The van der Waals surface area contributed by atoms with Crippen molar-refractivity contribution in [3.05, 3.63) is 22.6 Å². The van der Waals surface area contributed by atoms with Crippen molar-refractivity contribution in [3.8, 4) is 22.6 Å². The molecule has 0 aliphatic carbocycles. The van der Waals surface area contributed by atoms with Crippen LogP contribution in [-0.4, -0.2) is 20.4 Å². The lowest BCUT2D eigenvalue weighted by Crippen LogP contribution is -1.92. The zero-order valence-corrected chi connectivity index (χ0v) is 9.42. The summed E-state index contributed by atoms with van der Waals surface area (Å²) >= 11 is 2.92. The fourth-order valence-corrected chi connectivity index (χ4v) is 1.76. The van der Waals surface area contributed by atoms with Crippen molar-refractivity contribution in [2.45, 2.75) is 0 Å². The topological polar surface area (TPSA) is 95.2 Å². The Morgan fingerprint density at radius 2 is 2.12 bits per heavy atom. The van der Waals surface area contributed by atoms with E-state index in [1.807, 2.05) is 0 Å². The molecule has 0 saturated heterocycles. The lowest BCUT2D eigenvalue weighted by atomic mass is 10.1. The van der Waals surface area contributed by atoms with Gasteiger partial charge in [0.15, 0.2) is 11.5 Å². The van der Waals surface area contributed by atoms with Crippen LogP contribution < -0.4 is 5.73 Å². The van der Waals surface area contributed by atoms with E-state index in [-0.39, 0.29) is 21.4 Å². The number of aromatic hydroxyl groups is 2. The highest BCUT2D eigenvalue weighted by Gasteiger charge is 2.20. The van der Waals surface area contributed by atoms with Gasteiger partial charge < -0.3 is 15.9 Å². The van der Waals surface area contributed by atoms with Crippen LogP contribution in [0.15, 0.2) is 16.7 Å². The summed E-state index contributed by atoms with van der Waals surface area (Å²) in [5.74, 6) is -1.63. The van der Waals surface area contributed by atoms with Gasteiger partial charge in [-0.2, -0.15) is 5.10 Å². The maximum absolute atomic E-state index is 13.8. The van der Waals surface area contributed by atoms with E-state index in [2.05, 4.69) is 26.1 Å². The zero-order chi connectivity index (χ0) is 11.9. The summed E-state index contributed by atoms with van der Waals surface area (Å²) in [5.41, 5.74) is 5.51. The second kappa shape index (κ2) is 3.67. The molecule has 0 bridgehead atoms. The van der Waals surface area contributed by atoms with Gasteiger partial charge in [-0.25, -0.2) is 4.39 Å². The molecule has 0 atom stereocenters. The van der Waals surface area contributed by atoms with Crippen molar-refractivity contribution >= 4 is 21.7 Å². The lowest BCUT2D eigenvalue weighted by Gasteiger charge is -2.08. The van der Waals surface area contributed by atoms with Crippen molar-refractivity contribution in [1.29, 1.82) is 0 Å². The summed E-state index contributed by atoms with van der Waals surface area (Å²) in [6, 6.07) is 1.06. The molecule has 7 heteroatoms. The van der Waals surface area contributed by atoms with Crippen LogP contribution in [0.4, 0.5) is 10.2 Å². The normalized spacial score (nSPS) is 10.6. The number of nitrogens with zero attached hydrogens (tertiary/aromatic N) is 1. The highest BCUT2D eigenvalue weighted by atomic mass is 79.9. The fourth-order valence-electron chi connectivity index (χ4n) is 1.34. The number of aromatic nitrogens is 2. The van der Waals surface area contributed by atoms with Crippen molar-refractivity contribution in [2.24, 2.45) is 0 Å². The quantitative estimate of drug-likeness (QED) is 0.603. The van der Waals surface area contributed by atoms with Gasteiger partial charge in [0.05, 0.1) is 21.8 Å². The molecule has 2 rings (SSSR count). The fraction of sp³-hybridized carbons (Fsp3) is 0. The Labute approximate surface area is 97.8 Å². The SMILES string of the molecule is Nc1[nH]ncc1-c1c(O)c(O)cc(Br)c1F. The van der Waals surface area contributed by atoms with Crippen molar-refractivity contribution in [3.63, 3.8) is 0 Å². The number of rotatable bonds is 1. The van der Waals surface area contributed by atoms with E-state index >= 15 is 0 Å². The van der Waals surface area contributed by atoms with E-state index in [1.165, 1.54) is 6.20 Å². The largest absolute Gasteiger partial charge is 0.504 e. The Bertz CT molecular complexity index is 530. The van der Waals surface area contributed by atoms with Gasteiger partial charge >= 0.3 is 0 Å². The van der Waals surface area contributed by atoms with Gasteiger partial charge in [-0.15, -0.1) is 0 Å². The van der Waals surface area contributed by atoms with Gasteiger partial charge in [0, 0.05) is 6.07 Å². The number of nitrogen functional groups attached to an aromatic ring is 1. The van der Waals surface area contributed by atoms with E-state index < -0.39 is 17.3 Å². The summed E-state index contributed by atoms with van der Waals surface area (Å²) in [7, 11) is 0. The third-order valence-electron chi connectivity index (χ3n) is 2.11. The standard InChI is InChI=1S/C9H7BrFN3O2/c10-4-1-5(15)8(16)6(7(4)11)3-2-13-14-9(3)12/h1-2,15-16H,(H3,12,13,14). The van der Waals surface area contributed by atoms with Gasteiger partial charge in [0.25, 0.3) is 0 Å². The highest BCUT2D eigenvalue weighted by Crippen LogP contribution is 2.43. The van der Waals surface area contributed by atoms with E-state index in [1.54, 1.807) is 0 Å². The van der Waals surface area contributed by atoms with Crippen LogP contribution in [0.5, 0.6) is 11.5 Å². The summed E-state index contributed by atoms with van der Waals surface area (Å²) in [6.45, 7) is 0. The van der Waals surface area contributed by atoms with Crippen LogP contribution in [0.1, 0.15) is 0 Å². The Kier molecular flexibility index (Phi) is 2.47. The van der Waals surface area contributed by atoms with Crippen LogP contribution in [0, 0.1) is 5.82 Å². The number of halogens is 2. The van der Waals surface area contributed by atoms with E-state index in [4.69, 9.17) is 5.73 Å². The maximum Gasteiger partial charge on any atom is 0.168 e. The molecule has 84 valence electrons. The van der Waals surface area contributed by atoms with Gasteiger partial charge in [-0.1, -0.05) is 0 Å². The predicted molar refractivity (Wildman–Crippen MR) is 59.4 cm³/mol. The molecule has 1 aromatic heterocycles. The molecule has 5 nitrogen and oxygen atoms in total. The Morgan fingerprint density at radius 1 is 1.44 bits per heavy atom. The third-order valence-corrected chi connectivity index (χ3v) is 2.69. The Morgan fingerprint density at radius 3 is 2.69 bits per heavy atom. The molecule has 0 saturated carbocycles. The molecule has 0 amide bonds. The number of aromatic amines is 1. The van der Waals surface area contributed by atoms with Crippen LogP contribution in [0.2, 0.25) is 0 Å². The molecule has 1 heterocycles. The molecule has 0 aliphatic rings. The number of phenolic OH excluding ortho intramolecular Hbond substituents is 2. The lowest BCUT2D eigenvalue weighted by molar-refractivity contribution is 0.401. The third kappa shape index (κ3) is 1.49. The number of benzene rings is 1. The molecule has 0 unspecified atom stereocenters. The first-order valence-electron chi connectivity index (χ1n) is 4.21. The Hall–Kier alpha value is -1.76. The van der Waals surface area contributed by atoms with Crippen molar-refractivity contribution in [2.75, 3.05) is 5.73 Å². The zero-order valence-electron chi connectivity index (χ0n) is 7.83. The summed E-state index contributed by atoms with van der Waals surface area (Å²) in [6.07, 6.45) is 1.26. The molecule has 2 aromatic rings. The minimum absolute atomic E-state index is 0.0263. The number of hydrogen-bond acceptors (Lipinski definition) is 4. The highest BCUT2D eigenvalue weighted by molar-refractivity contribution is 9.10. The minimum Gasteiger partial charge on any atom is -0.504 e. The smallest absolute Gasteiger partial charge is 0.168 e. The first-order chi connectivity index (χ1) is 7.52. The summed E-state index contributed by atoms with van der Waals surface area (Å²) in [4.78, 5) is 0. The van der Waals surface area contributed by atoms with Crippen molar-refractivity contribution < 1.29 is 14.6 Å². The average molecular weight is 288 g/mol. The molecule has 0 spiro atoms. The van der Waals surface area contributed by atoms with E-state index in [0.29, 0.717) is 0 Å². The average Bonchev–Trinajstić information content (AvgIpc) is 2.63. The van der Waals surface area contributed by atoms with Gasteiger partial charge in [-0.05, 0) is 15.9 Å². The number of nitrogens with two attached hydrogens (primary N) is 1. The number of anilines is 1. The number of hydrogen-bond donors (Lipinski definition) is 4. The summed E-state index contributed by atoms with van der Waals surface area (Å²) < 4.78 is 13.8. The van der Waals surface area contributed by atoms with Crippen LogP contribution in [0.25, 0.3) is 11.1 Å². The maximum atomic E-state index is 13.8. The molecule has 1 aromatic carbocycles. The molecule has 0 radical (unpaired) electrons. The number of phenols is 2. The monoisotopic (exact) mass is 287 g/mol. The number of nitrogens with one attached hydrogen (secondary N) is 1. The van der Waals surface area contributed by atoms with Gasteiger partial charge in [0.2, 0.25) is 0 Å². The first kappa shape index (κ1) is 10.7. The molecular formula is C9H7BrFN3O2. The molecule has 0 aliphatic heterocycles. The Balaban J connectivity index is 2.79. The first-order valence-corrected chi connectivity index (χ1v) is 5.00. The molecule has 16 heavy (non-hydrogen) atoms. The number of H-pyrrole nitrogens is 1. The van der Waals surface area contributed by atoms with E-state index in [9.17, 15) is 14.6 Å². The van der Waals surface area contributed by atoms with Crippen molar-refractivity contribution in [1.82, 2.24) is 10.2 Å². The summed E-state index contributed by atoms with van der Waals surface area (Å²) in [5, 5.41) is 25.0. The predicted octanol–water partition coefficient (Wildman–Crippen LogP) is 1.97. The second-order valence-electron chi connectivity index (χ2n) is 3.11. The molecule has 5 N–H and O–H groups in total. The second-order valence-corrected chi connectivity index (χ2v) is 3.97.